The Balaban J connectivity index is 1.49. The third-order valence-corrected chi connectivity index (χ3v) is 8.13. The van der Waals surface area contributed by atoms with Crippen LogP contribution >= 0.6 is 23.1 Å². The summed E-state index contributed by atoms with van der Waals surface area (Å²) in [5.74, 6) is -1.13. The van der Waals surface area contributed by atoms with Crippen molar-refractivity contribution in [1.82, 2.24) is 10.2 Å². The fourth-order valence-electron chi connectivity index (χ4n) is 4.06. The molecule has 4 aromatic rings. The highest BCUT2D eigenvalue weighted by atomic mass is 32.2. The van der Waals surface area contributed by atoms with Gasteiger partial charge in [-0.25, -0.2) is 4.39 Å². The number of hydrogen-bond donors (Lipinski definition) is 1. The number of aliphatic hydroxyl groups excluding tert-OH is 1. The summed E-state index contributed by atoms with van der Waals surface area (Å²) >= 11 is 2.57. The van der Waals surface area contributed by atoms with Crippen LogP contribution in [0.5, 0.6) is 0 Å². The van der Waals surface area contributed by atoms with E-state index in [9.17, 15) is 19.1 Å². The van der Waals surface area contributed by atoms with Gasteiger partial charge in [-0.3, -0.25) is 14.5 Å². The summed E-state index contributed by atoms with van der Waals surface area (Å²) in [6.07, 6.45) is 0.831. The van der Waals surface area contributed by atoms with Crippen molar-refractivity contribution in [3.05, 3.63) is 106 Å². The van der Waals surface area contributed by atoms with E-state index in [0.29, 0.717) is 21.4 Å². The molecule has 2 aromatic heterocycles. The highest BCUT2D eigenvalue weighted by Gasteiger charge is 2.46. The van der Waals surface area contributed by atoms with Crippen LogP contribution in [0.1, 0.15) is 46.0 Å². The summed E-state index contributed by atoms with van der Waals surface area (Å²) < 4.78 is 19.3. The summed E-state index contributed by atoms with van der Waals surface area (Å²) in [7, 11) is 0. The zero-order chi connectivity index (χ0) is 26.1. The van der Waals surface area contributed by atoms with E-state index in [2.05, 4.69) is 10.2 Å². The molecule has 10 heteroatoms. The molecule has 2 aromatic carbocycles. The molecule has 5 rings (SSSR count). The van der Waals surface area contributed by atoms with Crippen LogP contribution < -0.4 is 4.90 Å². The Morgan fingerprint density at radius 1 is 1.08 bits per heavy atom. The van der Waals surface area contributed by atoms with Crippen LogP contribution in [0, 0.1) is 12.7 Å². The van der Waals surface area contributed by atoms with Crippen molar-refractivity contribution in [2.75, 3.05) is 4.90 Å². The Bertz CT molecular complexity index is 1490. The molecule has 0 saturated heterocycles. The molecule has 0 aliphatic carbocycles. The van der Waals surface area contributed by atoms with Crippen LogP contribution in [0.2, 0.25) is 0 Å². The number of ketones is 1. The predicted molar refractivity (Wildman–Crippen MR) is 139 cm³/mol. The quantitative estimate of drug-likeness (QED) is 0.163. The van der Waals surface area contributed by atoms with Crippen molar-refractivity contribution in [3.8, 4) is 0 Å². The first kappa shape index (κ1) is 24.9. The largest absolute Gasteiger partial charge is 0.503 e. The molecule has 3 heterocycles. The van der Waals surface area contributed by atoms with Gasteiger partial charge in [-0.2, -0.15) is 0 Å². The first-order valence-electron chi connectivity index (χ1n) is 11.5. The standard InChI is InChI=1S/C27H22FN3O4S2/c1-3-16-5-9-18(10-6-16)22-21(23(32)20-13-4-15(2)35-20)24(33)25(34)31(22)26-29-30-27(37-26)36-14-17-7-11-19(28)12-8-17/h4-13,22,33H,3,14H2,1-2H3. The molecule has 37 heavy (non-hydrogen) atoms. The van der Waals surface area contributed by atoms with Crippen molar-refractivity contribution in [2.45, 2.75) is 36.4 Å². The number of aryl methyl sites for hydroxylation is 2. The normalized spacial score (nSPS) is 15.6. The second kappa shape index (κ2) is 10.3. The van der Waals surface area contributed by atoms with E-state index in [1.165, 1.54) is 46.2 Å². The molecule has 0 bridgehead atoms. The monoisotopic (exact) mass is 535 g/mol. The molecular weight excluding hydrogens is 513 g/mol. The van der Waals surface area contributed by atoms with Gasteiger partial charge >= 0.3 is 0 Å². The van der Waals surface area contributed by atoms with Gasteiger partial charge < -0.3 is 9.52 Å². The Hall–Kier alpha value is -3.76. The van der Waals surface area contributed by atoms with E-state index >= 15 is 0 Å². The van der Waals surface area contributed by atoms with Crippen molar-refractivity contribution in [3.63, 3.8) is 0 Å². The van der Waals surface area contributed by atoms with Gasteiger partial charge in [-0.05, 0) is 54.3 Å². The lowest BCUT2D eigenvalue weighted by Gasteiger charge is -2.24. The number of rotatable bonds is 8. The van der Waals surface area contributed by atoms with Gasteiger partial charge in [0, 0.05) is 5.75 Å². The summed E-state index contributed by atoms with van der Waals surface area (Å²) in [5.41, 5.74) is 2.59. The fraction of sp³-hybridized carbons (Fsp3) is 0.185. The second-order valence-corrected chi connectivity index (χ2v) is 10.6. The van der Waals surface area contributed by atoms with Crippen LogP contribution in [0.3, 0.4) is 0 Å². The fourth-order valence-corrected chi connectivity index (χ4v) is 5.88. The summed E-state index contributed by atoms with van der Waals surface area (Å²) in [4.78, 5) is 28.1. The van der Waals surface area contributed by atoms with E-state index in [1.54, 1.807) is 25.1 Å². The first-order chi connectivity index (χ1) is 17.9. The van der Waals surface area contributed by atoms with E-state index in [-0.39, 0.29) is 22.3 Å². The van der Waals surface area contributed by atoms with Gasteiger partial charge in [0.05, 0.1) is 11.6 Å². The zero-order valence-electron chi connectivity index (χ0n) is 20.0. The third kappa shape index (κ3) is 4.94. The number of anilines is 1. The van der Waals surface area contributed by atoms with Gasteiger partial charge in [0.2, 0.25) is 10.9 Å². The Morgan fingerprint density at radius 2 is 1.78 bits per heavy atom. The number of aromatic nitrogens is 2. The van der Waals surface area contributed by atoms with Crippen LogP contribution in [0.25, 0.3) is 0 Å². The molecule has 188 valence electrons. The Labute approximate surface area is 220 Å². The molecule has 1 aliphatic rings. The van der Waals surface area contributed by atoms with Gasteiger partial charge in [-0.15, -0.1) is 10.2 Å². The molecule has 1 amide bonds. The Kier molecular flexibility index (Phi) is 6.94. The third-order valence-electron chi connectivity index (χ3n) is 6.00. The van der Waals surface area contributed by atoms with Crippen LogP contribution in [0.15, 0.2) is 80.8 Å². The second-order valence-electron chi connectivity index (χ2n) is 8.44. The summed E-state index contributed by atoms with van der Waals surface area (Å²) in [5, 5.41) is 19.5. The molecule has 1 atom stereocenters. The van der Waals surface area contributed by atoms with Gasteiger partial charge in [0.1, 0.15) is 11.6 Å². The zero-order valence-corrected chi connectivity index (χ0v) is 21.6. The highest BCUT2D eigenvalue weighted by Crippen LogP contribution is 2.44. The van der Waals surface area contributed by atoms with Crippen LogP contribution in [-0.4, -0.2) is 27.0 Å². The maximum Gasteiger partial charge on any atom is 0.296 e. The van der Waals surface area contributed by atoms with E-state index in [1.807, 2.05) is 31.2 Å². The average Bonchev–Trinajstić information content (AvgIpc) is 3.62. The van der Waals surface area contributed by atoms with Gasteiger partial charge in [0.25, 0.3) is 5.91 Å². The number of thioether (sulfide) groups is 1. The van der Waals surface area contributed by atoms with Crippen molar-refractivity contribution in [2.24, 2.45) is 0 Å². The van der Waals surface area contributed by atoms with E-state index < -0.39 is 23.5 Å². The topological polar surface area (TPSA) is 96.5 Å². The minimum absolute atomic E-state index is 0.0386. The van der Waals surface area contributed by atoms with E-state index in [0.717, 1.165) is 17.5 Å². The molecular formula is C27H22FN3O4S2. The molecule has 1 N–H and O–H groups in total. The number of nitrogens with zero attached hydrogens (tertiary/aromatic N) is 3. The number of amides is 1. The smallest absolute Gasteiger partial charge is 0.296 e. The lowest BCUT2D eigenvalue weighted by atomic mass is 9.94. The summed E-state index contributed by atoms with van der Waals surface area (Å²) in [6, 6.07) is 16.0. The number of furan rings is 1. The average molecular weight is 536 g/mol. The van der Waals surface area contributed by atoms with Crippen LogP contribution in [-0.2, 0) is 17.0 Å². The van der Waals surface area contributed by atoms with Crippen molar-refractivity contribution >= 4 is 39.9 Å². The van der Waals surface area contributed by atoms with Crippen LogP contribution in [0.4, 0.5) is 9.52 Å². The Morgan fingerprint density at radius 3 is 2.43 bits per heavy atom. The number of benzene rings is 2. The molecule has 0 spiro atoms. The van der Waals surface area contributed by atoms with Gasteiger partial charge in [0.15, 0.2) is 15.9 Å². The number of hydrogen-bond acceptors (Lipinski definition) is 8. The van der Waals surface area contributed by atoms with E-state index in [4.69, 9.17) is 4.42 Å². The first-order valence-corrected chi connectivity index (χ1v) is 13.3. The molecule has 0 radical (unpaired) electrons. The van der Waals surface area contributed by atoms with Crippen molar-refractivity contribution in [1.29, 1.82) is 0 Å². The maximum atomic E-state index is 13.4. The predicted octanol–water partition coefficient (Wildman–Crippen LogP) is 6.22. The molecule has 1 aliphatic heterocycles. The highest BCUT2D eigenvalue weighted by molar-refractivity contribution is 8.00. The van der Waals surface area contributed by atoms with Crippen molar-refractivity contribution < 1.29 is 23.5 Å². The molecule has 1 unspecified atom stereocenters. The molecule has 7 nitrogen and oxygen atoms in total. The number of Topliss-reactive ketones (excluding diaryl/α,β-unsaturated/α-hetero) is 1. The number of carbonyl (C=O) groups is 2. The number of halogens is 1. The lowest BCUT2D eigenvalue weighted by Crippen LogP contribution is -2.31. The molecule has 0 saturated carbocycles. The molecule has 0 fully saturated rings. The minimum atomic E-state index is -0.904. The number of aliphatic hydroxyl groups is 1. The summed E-state index contributed by atoms with van der Waals surface area (Å²) in [6.45, 7) is 3.75. The number of carbonyl (C=O) groups excluding carboxylic acids is 2. The minimum Gasteiger partial charge on any atom is -0.503 e. The van der Waals surface area contributed by atoms with Gasteiger partial charge in [-0.1, -0.05) is 66.4 Å². The lowest BCUT2D eigenvalue weighted by molar-refractivity contribution is -0.117. The maximum absolute atomic E-state index is 13.4. The SMILES string of the molecule is CCc1ccc(C2C(C(=O)c3ccc(C)o3)=C(O)C(=O)N2c2nnc(SCc3ccc(F)cc3)s2)cc1.